The Labute approximate surface area is 128 Å². The quantitative estimate of drug-likeness (QED) is 0.871. The van der Waals surface area contributed by atoms with Crippen LogP contribution in [0, 0.1) is 0 Å². The van der Waals surface area contributed by atoms with Crippen molar-refractivity contribution in [3.63, 3.8) is 0 Å². The number of aryl methyl sites for hydroxylation is 1. The van der Waals surface area contributed by atoms with Crippen LogP contribution in [0.15, 0.2) is 23.7 Å². The average molecular weight is 305 g/mol. The molecule has 1 aliphatic heterocycles. The standard InChI is InChI=1S/C15H19N3O2S/c1-3-18-9-11-7-17(15(19)13-5-4-6-21-13)8-12(10-20-2)14(11)16-18/h4-6,9,12H,3,7-8,10H2,1-2H3. The molecule has 6 heteroatoms. The van der Waals surface area contributed by atoms with Crippen molar-refractivity contribution in [2.75, 3.05) is 20.3 Å². The predicted molar refractivity (Wildman–Crippen MR) is 81.6 cm³/mol. The fraction of sp³-hybridized carbons (Fsp3) is 0.467. The third-order valence-electron chi connectivity index (χ3n) is 3.77. The van der Waals surface area contributed by atoms with E-state index in [1.165, 1.54) is 11.3 Å². The van der Waals surface area contributed by atoms with E-state index < -0.39 is 0 Å². The molecule has 0 bridgehead atoms. The number of ether oxygens (including phenoxy) is 1. The van der Waals surface area contributed by atoms with Crippen LogP contribution in [0.5, 0.6) is 0 Å². The van der Waals surface area contributed by atoms with E-state index in [9.17, 15) is 4.79 Å². The van der Waals surface area contributed by atoms with Gasteiger partial charge < -0.3 is 9.64 Å². The van der Waals surface area contributed by atoms with Crippen molar-refractivity contribution in [2.24, 2.45) is 0 Å². The number of methoxy groups -OCH3 is 1. The molecule has 0 aromatic carbocycles. The second-order valence-corrected chi connectivity index (χ2v) is 6.16. The first-order valence-electron chi connectivity index (χ1n) is 7.10. The van der Waals surface area contributed by atoms with Gasteiger partial charge in [0.25, 0.3) is 5.91 Å². The molecule has 1 aliphatic rings. The minimum absolute atomic E-state index is 0.0981. The first-order valence-corrected chi connectivity index (χ1v) is 7.98. The van der Waals surface area contributed by atoms with Crippen molar-refractivity contribution >= 4 is 17.2 Å². The van der Waals surface area contributed by atoms with Crippen molar-refractivity contribution in [2.45, 2.75) is 25.9 Å². The number of carbonyl (C=O) groups excluding carboxylic acids is 1. The molecule has 0 spiro atoms. The normalized spacial score (nSPS) is 17.8. The Morgan fingerprint density at radius 1 is 1.57 bits per heavy atom. The number of thiophene rings is 1. The van der Waals surface area contributed by atoms with Crippen LogP contribution in [0.25, 0.3) is 0 Å². The highest BCUT2D eigenvalue weighted by atomic mass is 32.1. The molecule has 0 saturated carbocycles. The lowest BCUT2D eigenvalue weighted by atomic mass is 9.97. The summed E-state index contributed by atoms with van der Waals surface area (Å²) < 4.78 is 7.25. The summed E-state index contributed by atoms with van der Waals surface area (Å²) in [6.07, 6.45) is 2.05. The number of aromatic nitrogens is 2. The monoisotopic (exact) mass is 305 g/mol. The zero-order valence-corrected chi connectivity index (χ0v) is 13.1. The smallest absolute Gasteiger partial charge is 0.264 e. The number of rotatable bonds is 4. The molecule has 1 unspecified atom stereocenters. The maximum Gasteiger partial charge on any atom is 0.264 e. The molecule has 0 saturated heterocycles. The predicted octanol–water partition coefficient (Wildman–Crippen LogP) is 2.35. The van der Waals surface area contributed by atoms with Gasteiger partial charge in [0, 0.05) is 44.4 Å². The minimum atomic E-state index is 0.0981. The van der Waals surface area contributed by atoms with Gasteiger partial charge in [-0.3, -0.25) is 9.48 Å². The van der Waals surface area contributed by atoms with E-state index in [1.54, 1.807) is 7.11 Å². The van der Waals surface area contributed by atoms with Crippen LogP contribution < -0.4 is 0 Å². The number of nitrogens with zero attached hydrogens (tertiary/aromatic N) is 3. The molecule has 21 heavy (non-hydrogen) atoms. The lowest BCUT2D eigenvalue weighted by molar-refractivity contribution is 0.0683. The first kappa shape index (κ1) is 14.3. The fourth-order valence-electron chi connectivity index (χ4n) is 2.77. The maximum absolute atomic E-state index is 12.6. The molecule has 2 aromatic heterocycles. The van der Waals surface area contributed by atoms with E-state index in [4.69, 9.17) is 4.74 Å². The molecule has 1 atom stereocenters. The van der Waals surface area contributed by atoms with E-state index in [0.29, 0.717) is 19.7 Å². The molecule has 2 aromatic rings. The Bertz CT molecular complexity index is 621. The summed E-state index contributed by atoms with van der Waals surface area (Å²) in [5.41, 5.74) is 2.21. The Balaban J connectivity index is 1.88. The Kier molecular flexibility index (Phi) is 4.07. The second kappa shape index (κ2) is 5.99. The fourth-order valence-corrected chi connectivity index (χ4v) is 3.46. The molecule has 3 heterocycles. The summed E-state index contributed by atoms with van der Waals surface area (Å²) in [5, 5.41) is 6.56. The van der Waals surface area contributed by atoms with E-state index >= 15 is 0 Å². The molecule has 1 amide bonds. The summed E-state index contributed by atoms with van der Waals surface area (Å²) in [4.78, 5) is 15.3. The highest BCUT2D eigenvalue weighted by Gasteiger charge is 2.31. The van der Waals surface area contributed by atoms with Gasteiger partial charge in [-0.25, -0.2) is 0 Å². The number of fused-ring (bicyclic) bond motifs is 1. The lowest BCUT2D eigenvalue weighted by Gasteiger charge is -2.31. The number of carbonyl (C=O) groups is 1. The zero-order chi connectivity index (χ0) is 14.8. The van der Waals surface area contributed by atoms with Crippen molar-refractivity contribution in [3.05, 3.63) is 39.8 Å². The summed E-state index contributed by atoms with van der Waals surface area (Å²) in [6, 6.07) is 3.79. The van der Waals surface area contributed by atoms with Crippen molar-refractivity contribution < 1.29 is 9.53 Å². The van der Waals surface area contributed by atoms with Gasteiger partial charge >= 0.3 is 0 Å². The van der Waals surface area contributed by atoms with Crippen LogP contribution in [-0.4, -0.2) is 40.8 Å². The summed E-state index contributed by atoms with van der Waals surface area (Å²) in [7, 11) is 1.69. The molecule has 0 N–H and O–H groups in total. The van der Waals surface area contributed by atoms with Crippen molar-refractivity contribution in [3.8, 4) is 0 Å². The van der Waals surface area contributed by atoms with Gasteiger partial charge in [-0.05, 0) is 18.4 Å². The van der Waals surface area contributed by atoms with E-state index in [-0.39, 0.29) is 11.8 Å². The van der Waals surface area contributed by atoms with Crippen LogP contribution >= 0.6 is 11.3 Å². The Hall–Kier alpha value is -1.66. The number of amides is 1. The summed E-state index contributed by atoms with van der Waals surface area (Å²) in [6.45, 7) is 4.79. The SMILES string of the molecule is CCn1cc2c(n1)C(COC)CN(C(=O)c1cccs1)C2. The molecule has 0 fully saturated rings. The van der Waals surface area contributed by atoms with Gasteiger partial charge in [-0.1, -0.05) is 6.07 Å². The van der Waals surface area contributed by atoms with E-state index in [1.807, 2.05) is 33.3 Å². The number of hydrogen-bond donors (Lipinski definition) is 0. The average Bonchev–Trinajstić information content (AvgIpc) is 3.15. The highest BCUT2D eigenvalue weighted by Crippen LogP contribution is 2.29. The molecular weight excluding hydrogens is 286 g/mol. The molecule has 5 nitrogen and oxygen atoms in total. The largest absolute Gasteiger partial charge is 0.384 e. The van der Waals surface area contributed by atoms with Crippen LogP contribution in [0.3, 0.4) is 0 Å². The molecule has 0 radical (unpaired) electrons. The number of hydrogen-bond acceptors (Lipinski definition) is 4. The molecular formula is C15H19N3O2S. The van der Waals surface area contributed by atoms with Gasteiger partial charge in [0.05, 0.1) is 17.2 Å². The molecule has 3 rings (SSSR count). The van der Waals surface area contributed by atoms with Gasteiger partial charge in [0.15, 0.2) is 0 Å². The lowest BCUT2D eigenvalue weighted by Crippen LogP contribution is -2.39. The van der Waals surface area contributed by atoms with Gasteiger partial charge in [0.2, 0.25) is 0 Å². The second-order valence-electron chi connectivity index (χ2n) is 5.21. The first-order chi connectivity index (χ1) is 10.2. The zero-order valence-electron chi connectivity index (χ0n) is 12.3. The maximum atomic E-state index is 12.6. The summed E-state index contributed by atoms with van der Waals surface area (Å²) in [5.74, 6) is 0.247. The van der Waals surface area contributed by atoms with Gasteiger partial charge in [0.1, 0.15) is 0 Å². The van der Waals surface area contributed by atoms with Crippen molar-refractivity contribution in [1.29, 1.82) is 0 Å². The highest BCUT2D eigenvalue weighted by molar-refractivity contribution is 7.12. The van der Waals surface area contributed by atoms with Gasteiger partial charge in [-0.15, -0.1) is 11.3 Å². The Morgan fingerprint density at radius 2 is 2.43 bits per heavy atom. The Morgan fingerprint density at radius 3 is 3.10 bits per heavy atom. The van der Waals surface area contributed by atoms with Crippen molar-refractivity contribution in [1.82, 2.24) is 14.7 Å². The summed E-state index contributed by atoms with van der Waals surface area (Å²) >= 11 is 1.49. The molecule has 112 valence electrons. The molecule has 0 aliphatic carbocycles. The topological polar surface area (TPSA) is 47.4 Å². The van der Waals surface area contributed by atoms with Gasteiger partial charge in [-0.2, -0.15) is 5.10 Å². The third-order valence-corrected chi connectivity index (χ3v) is 4.63. The van der Waals surface area contributed by atoms with Crippen LogP contribution in [-0.2, 0) is 17.8 Å². The third kappa shape index (κ3) is 2.73. The van der Waals surface area contributed by atoms with Crippen LogP contribution in [0.1, 0.15) is 33.8 Å². The van der Waals surface area contributed by atoms with E-state index in [2.05, 4.69) is 12.0 Å². The minimum Gasteiger partial charge on any atom is -0.384 e. The van der Waals surface area contributed by atoms with Crippen LogP contribution in [0.4, 0.5) is 0 Å². The van der Waals surface area contributed by atoms with Crippen LogP contribution in [0.2, 0.25) is 0 Å². The van der Waals surface area contributed by atoms with E-state index in [0.717, 1.165) is 22.7 Å².